The number of hydrogen-bond acceptors (Lipinski definition) is 2. The molecule has 2 heteroatoms. The summed E-state index contributed by atoms with van der Waals surface area (Å²) in [4.78, 5) is 1.81. The Balaban J connectivity index is 1.42. The number of fused-ring (bicyclic) bond motifs is 7. The Morgan fingerprint density at radius 1 is 0.477 bits per heavy atom. The van der Waals surface area contributed by atoms with Crippen molar-refractivity contribution in [3.63, 3.8) is 0 Å². The number of thiophene rings is 1. The van der Waals surface area contributed by atoms with Crippen molar-refractivity contribution in [3.05, 3.63) is 164 Å². The molecule has 0 bridgehead atoms. The van der Waals surface area contributed by atoms with Gasteiger partial charge in [0.2, 0.25) is 0 Å². The van der Waals surface area contributed by atoms with E-state index in [1.54, 1.807) is 11.3 Å². The molecule has 0 aliphatic heterocycles. The zero-order valence-corrected chi connectivity index (χ0v) is 24.1. The zero-order valence-electron chi connectivity index (χ0n) is 32.2. The molecule has 0 fully saturated rings. The third-order valence-corrected chi connectivity index (χ3v) is 9.37. The molecule has 8 aromatic carbocycles. The van der Waals surface area contributed by atoms with Crippen LogP contribution in [0, 0.1) is 0 Å². The number of nitrogens with zero attached hydrogens (tertiary/aromatic N) is 1. The number of anilines is 3. The van der Waals surface area contributed by atoms with Crippen LogP contribution in [0.15, 0.2) is 164 Å². The Morgan fingerprint density at radius 3 is 2.07 bits per heavy atom. The predicted octanol–water partition coefficient (Wildman–Crippen LogP) is 12.7. The molecular formula is C42H27NS. The summed E-state index contributed by atoms with van der Waals surface area (Å²) in [6.45, 7) is 0. The van der Waals surface area contributed by atoms with Crippen molar-refractivity contribution in [2.75, 3.05) is 4.90 Å². The zero-order chi connectivity index (χ0) is 36.9. The van der Waals surface area contributed by atoms with Gasteiger partial charge in [0.15, 0.2) is 0 Å². The van der Waals surface area contributed by atoms with Crippen molar-refractivity contribution in [2.24, 2.45) is 0 Å². The topological polar surface area (TPSA) is 3.24 Å². The van der Waals surface area contributed by atoms with E-state index in [1.165, 1.54) is 0 Å². The molecule has 9 aromatic rings. The second-order valence-electron chi connectivity index (χ2n) is 10.7. The summed E-state index contributed by atoms with van der Waals surface area (Å²) in [5, 5.41) is 3.95. The molecule has 0 aliphatic rings. The lowest BCUT2D eigenvalue weighted by atomic mass is 9.98. The second-order valence-corrected chi connectivity index (χ2v) is 11.7. The number of rotatable bonds is 4. The molecule has 1 aromatic heterocycles. The first-order chi connectivity index (χ1) is 25.6. The summed E-state index contributed by atoms with van der Waals surface area (Å²) in [6.07, 6.45) is 0. The molecule has 44 heavy (non-hydrogen) atoms. The lowest BCUT2D eigenvalue weighted by molar-refractivity contribution is 1.32. The summed E-state index contributed by atoms with van der Waals surface area (Å²) < 4.78 is 82.2. The Hall–Kier alpha value is -5.44. The monoisotopic (exact) mass is 586 g/mol. The first kappa shape index (κ1) is 17.6. The molecule has 0 N–H and O–H groups in total. The molecule has 206 valence electrons. The number of hydrogen-bond donors (Lipinski definition) is 0. The van der Waals surface area contributed by atoms with E-state index in [9.17, 15) is 2.74 Å². The van der Waals surface area contributed by atoms with Crippen LogP contribution < -0.4 is 4.90 Å². The van der Waals surface area contributed by atoms with Gasteiger partial charge in [0.25, 0.3) is 0 Å². The van der Waals surface area contributed by atoms with Gasteiger partial charge in [-0.25, -0.2) is 0 Å². The Kier molecular flexibility index (Phi) is 4.04. The van der Waals surface area contributed by atoms with E-state index in [0.717, 1.165) is 42.1 Å². The quantitative estimate of drug-likeness (QED) is 0.185. The fourth-order valence-electron chi connectivity index (χ4n) is 6.09. The van der Waals surface area contributed by atoms with Gasteiger partial charge >= 0.3 is 0 Å². The largest absolute Gasteiger partial charge is 0.308 e. The van der Waals surface area contributed by atoms with Crippen molar-refractivity contribution >= 4 is 80.9 Å². The van der Waals surface area contributed by atoms with Crippen LogP contribution in [-0.2, 0) is 0 Å². The summed E-state index contributed by atoms with van der Waals surface area (Å²) in [6, 6.07) is 32.0. The van der Waals surface area contributed by atoms with Gasteiger partial charge in [-0.3, -0.25) is 0 Å². The molecule has 1 heterocycles. The van der Waals surface area contributed by atoms with Crippen molar-refractivity contribution in [3.8, 4) is 11.1 Å². The maximum absolute atomic E-state index is 9.78. The molecular weight excluding hydrogens is 551 g/mol. The number of benzene rings is 8. The van der Waals surface area contributed by atoms with Crippen molar-refractivity contribution in [2.45, 2.75) is 0 Å². The van der Waals surface area contributed by atoms with Crippen LogP contribution in [-0.4, -0.2) is 0 Å². The fraction of sp³-hybridized carbons (Fsp3) is 0. The first-order valence-electron chi connectivity index (χ1n) is 18.8. The van der Waals surface area contributed by atoms with Gasteiger partial charge in [0, 0.05) is 26.5 Å². The third-order valence-electron chi connectivity index (χ3n) is 8.16. The molecule has 0 spiro atoms. The minimum Gasteiger partial charge on any atom is -0.308 e. The highest BCUT2D eigenvalue weighted by Crippen LogP contribution is 2.47. The lowest BCUT2D eigenvalue weighted by Crippen LogP contribution is -2.10. The molecule has 0 aliphatic carbocycles. The maximum Gasteiger partial charge on any atom is 0.0652 e. The van der Waals surface area contributed by atoms with Crippen LogP contribution in [0.5, 0.6) is 0 Å². The fourth-order valence-corrected chi connectivity index (χ4v) is 7.30. The maximum atomic E-state index is 9.78. The van der Waals surface area contributed by atoms with E-state index in [2.05, 4.69) is 36.4 Å². The smallest absolute Gasteiger partial charge is 0.0652 e. The second kappa shape index (κ2) is 10.1. The molecule has 1 nitrogen and oxygen atoms in total. The average molecular weight is 587 g/mol. The van der Waals surface area contributed by atoms with Crippen LogP contribution in [0.25, 0.3) is 63.6 Å². The molecule has 9 rings (SSSR count). The lowest BCUT2D eigenvalue weighted by Gasteiger charge is -2.28. The molecule has 0 saturated carbocycles. The Bertz CT molecular complexity index is 3010. The van der Waals surface area contributed by atoms with Crippen LogP contribution in [0.1, 0.15) is 12.3 Å². The van der Waals surface area contributed by atoms with E-state index in [4.69, 9.17) is 9.60 Å². The normalized spacial score (nSPS) is 14.5. The third kappa shape index (κ3) is 4.00. The van der Waals surface area contributed by atoms with Crippen molar-refractivity contribution < 1.29 is 12.3 Å². The minimum atomic E-state index is -0.542. The van der Waals surface area contributed by atoms with E-state index in [0.29, 0.717) is 11.4 Å². The summed E-state index contributed by atoms with van der Waals surface area (Å²) in [5.41, 5.74) is 3.31. The van der Waals surface area contributed by atoms with E-state index in [-0.39, 0.29) is 33.3 Å². The van der Waals surface area contributed by atoms with E-state index in [1.807, 2.05) is 77.7 Å². The summed E-state index contributed by atoms with van der Waals surface area (Å²) >= 11 is 1.57. The highest BCUT2D eigenvalue weighted by Gasteiger charge is 2.21. The van der Waals surface area contributed by atoms with Gasteiger partial charge in [-0.2, -0.15) is 0 Å². The van der Waals surface area contributed by atoms with E-state index >= 15 is 0 Å². The van der Waals surface area contributed by atoms with Gasteiger partial charge in [0.05, 0.1) is 28.4 Å². The van der Waals surface area contributed by atoms with Gasteiger partial charge in [-0.05, 0) is 74.4 Å². The highest BCUT2D eigenvalue weighted by atomic mass is 32.1. The van der Waals surface area contributed by atoms with Crippen LogP contribution in [0.2, 0.25) is 0 Å². The molecule has 0 amide bonds. The molecule has 0 unspecified atom stereocenters. The Morgan fingerprint density at radius 2 is 1.18 bits per heavy atom. The summed E-state index contributed by atoms with van der Waals surface area (Å²) in [7, 11) is 0. The van der Waals surface area contributed by atoms with Gasteiger partial charge in [0.1, 0.15) is 0 Å². The Labute approximate surface area is 272 Å². The molecule has 0 radical (unpaired) electrons. The van der Waals surface area contributed by atoms with E-state index < -0.39 is 48.3 Å². The van der Waals surface area contributed by atoms with Gasteiger partial charge < -0.3 is 4.90 Å². The average Bonchev–Trinajstić information content (AvgIpc) is 3.57. The molecule has 0 saturated heterocycles. The van der Waals surface area contributed by atoms with Crippen molar-refractivity contribution in [1.29, 1.82) is 0 Å². The van der Waals surface area contributed by atoms with Crippen LogP contribution >= 0.6 is 11.3 Å². The standard InChI is InChI=1S/C42H27NS/c1-2-11-30-26-31(21-20-28(30)10-1)29-22-24-33(25-23-29)43(39-18-9-17-38-37-16-7-8-19-41(37)44-42(38)39)40-27-32-12-3-4-13-34(32)35-14-5-6-15-36(35)40/h1-27H/i3D,4D,5D,6D,12D,13D,14D,15D,27D. The first-order valence-corrected chi connectivity index (χ1v) is 15.1. The highest BCUT2D eigenvalue weighted by molar-refractivity contribution is 7.26. The predicted molar refractivity (Wildman–Crippen MR) is 192 cm³/mol. The van der Waals surface area contributed by atoms with Crippen molar-refractivity contribution in [1.82, 2.24) is 0 Å². The van der Waals surface area contributed by atoms with Gasteiger partial charge in [-0.15, -0.1) is 11.3 Å². The van der Waals surface area contributed by atoms with Crippen LogP contribution in [0.4, 0.5) is 17.1 Å². The molecule has 0 atom stereocenters. The van der Waals surface area contributed by atoms with Crippen LogP contribution in [0.3, 0.4) is 0 Å². The minimum absolute atomic E-state index is 0.00440. The van der Waals surface area contributed by atoms with Gasteiger partial charge in [-0.1, -0.05) is 127 Å². The summed E-state index contributed by atoms with van der Waals surface area (Å²) in [5.74, 6) is 0. The SMILES string of the molecule is [2H]c1c([2H])c([2H])c2c(c1[2H])c([2H])c(N(c1ccc(-c3ccc4ccccc4c3)cc1)c1cccc3c1sc1ccccc13)c1c([2H])c([2H])c([2H])c([2H])c12.